The van der Waals surface area contributed by atoms with E-state index >= 15 is 0 Å². The lowest BCUT2D eigenvalue weighted by Gasteiger charge is -2.18. The minimum atomic E-state index is -0.447. The number of pyridine rings is 1. The summed E-state index contributed by atoms with van der Waals surface area (Å²) in [6.07, 6.45) is 8.31. The molecule has 2 amide bonds. The number of amides is 2. The zero-order valence-electron chi connectivity index (χ0n) is 12.6. The molecular weight excluding hydrogens is 294 g/mol. The monoisotopic (exact) mass is 311 g/mol. The van der Waals surface area contributed by atoms with Crippen LogP contribution in [-0.4, -0.2) is 34.8 Å². The van der Waals surface area contributed by atoms with Gasteiger partial charge in [-0.25, -0.2) is 0 Å². The van der Waals surface area contributed by atoms with Crippen LogP contribution in [0.15, 0.2) is 53.0 Å². The van der Waals surface area contributed by atoms with Crippen LogP contribution in [0.5, 0.6) is 0 Å². The van der Waals surface area contributed by atoms with Crippen molar-refractivity contribution in [3.63, 3.8) is 0 Å². The molecule has 23 heavy (non-hydrogen) atoms. The quantitative estimate of drug-likeness (QED) is 0.877. The zero-order chi connectivity index (χ0) is 16.1. The predicted molar refractivity (Wildman–Crippen MR) is 84.2 cm³/mol. The van der Waals surface area contributed by atoms with Crippen LogP contribution in [0, 0.1) is 0 Å². The minimum absolute atomic E-state index is 0.163. The average Bonchev–Trinajstić information content (AvgIpc) is 3.27. The van der Waals surface area contributed by atoms with Crippen LogP contribution < -0.4 is 5.32 Å². The third-order valence-electron chi connectivity index (χ3n) is 3.61. The van der Waals surface area contributed by atoms with Gasteiger partial charge in [0.05, 0.1) is 6.26 Å². The molecule has 6 nitrogen and oxygen atoms in total. The van der Waals surface area contributed by atoms with Gasteiger partial charge in [-0.15, -0.1) is 0 Å². The first-order valence-corrected chi connectivity index (χ1v) is 7.50. The van der Waals surface area contributed by atoms with E-state index in [0.717, 1.165) is 18.4 Å². The number of likely N-dealkylation sites (tertiary alicyclic amines) is 1. The average molecular weight is 311 g/mol. The summed E-state index contributed by atoms with van der Waals surface area (Å²) in [6.45, 7) is 1.42. The largest absolute Gasteiger partial charge is 0.459 e. The van der Waals surface area contributed by atoms with Gasteiger partial charge in [0.1, 0.15) is 5.70 Å². The van der Waals surface area contributed by atoms with Crippen LogP contribution >= 0.6 is 0 Å². The molecule has 1 fully saturated rings. The molecule has 0 radical (unpaired) electrons. The van der Waals surface area contributed by atoms with Gasteiger partial charge in [0.2, 0.25) is 0 Å². The second-order valence-electron chi connectivity index (χ2n) is 5.28. The van der Waals surface area contributed by atoms with E-state index in [-0.39, 0.29) is 17.4 Å². The zero-order valence-corrected chi connectivity index (χ0v) is 12.6. The molecule has 2 aromatic heterocycles. The summed E-state index contributed by atoms with van der Waals surface area (Å²) in [5.41, 5.74) is 0.969. The lowest BCUT2D eigenvalue weighted by Crippen LogP contribution is -2.36. The topological polar surface area (TPSA) is 75.4 Å². The van der Waals surface area contributed by atoms with Crippen molar-refractivity contribution in [1.82, 2.24) is 15.2 Å². The highest BCUT2D eigenvalue weighted by molar-refractivity contribution is 6.04. The van der Waals surface area contributed by atoms with Crippen molar-refractivity contribution in [2.24, 2.45) is 0 Å². The smallest absolute Gasteiger partial charge is 0.291 e. The van der Waals surface area contributed by atoms with Crippen LogP contribution in [0.3, 0.4) is 0 Å². The van der Waals surface area contributed by atoms with E-state index in [4.69, 9.17) is 4.42 Å². The lowest BCUT2D eigenvalue weighted by molar-refractivity contribution is -0.126. The number of aromatic nitrogens is 1. The molecule has 0 bridgehead atoms. The first kappa shape index (κ1) is 15.0. The summed E-state index contributed by atoms with van der Waals surface area (Å²) in [7, 11) is 0. The molecule has 1 N–H and O–H groups in total. The summed E-state index contributed by atoms with van der Waals surface area (Å²) < 4.78 is 5.08. The number of furan rings is 1. The molecule has 3 rings (SSSR count). The van der Waals surface area contributed by atoms with Crippen molar-refractivity contribution in [3.05, 3.63) is 59.9 Å². The van der Waals surface area contributed by atoms with Crippen molar-refractivity contribution >= 4 is 17.9 Å². The second kappa shape index (κ2) is 6.91. The highest BCUT2D eigenvalue weighted by Gasteiger charge is 2.23. The number of nitrogens with one attached hydrogen (secondary N) is 1. The van der Waals surface area contributed by atoms with Gasteiger partial charge in [0.25, 0.3) is 11.8 Å². The van der Waals surface area contributed by atoms with Gasteiger partial charge < -0.3 is 14.6 Å². The first-order valence-electron chi connectivity index (χ1n) is 7.50. The van der Waals surface area contributed by atoms with Crippen LogP contribution in [-0.2, 0) is 4.79 Å². The summed E-state index contributed by atoms with van der Waals surface area (Å²) in [5.74, 6) is -0.472. The van der Waals surface area contributed by atoms with E-state index in [1.165, 1.54) is 6.26 Å². The molecule has 6 heteroatoms. The Morgan fingerprint density at radius 2 is 2.04 bits per heavy atom. The Hall–Kier alpha value is -2.89. The van der Waals surface area contributed by atoms with Gasteiger partial charge in [-0.2, -0.15) is 0 Å². The van der Waals surface area contributed by atoms with E-state index < -0.39 is 5.91 Å². The number of nitrogens with zero attached hydrogens (tertiary/aromatic N) is 2. The first-order chi connectivity index (χ1) is 11.2. The highest BCUT2D eigenvalue weighted by atomic mass is 16.3. The maximum Gasteiger partial charge on any atom is 0.291 e. The number of rotatable bonds is 4. The molecule has 1 aliphatic heterocycles. The Morgan fingerprint density at radius 1 is 1.22 bits per heavy atom. The second-order valence-corrected chi connectivity index (χ2v) is 5.28. The van der Waals surface area contributed by atoms with Gasteiger partial charge in [-0.3, -0.25) is 14.6 Å². The minimum Gasteiger partial charge on any atom is -0.459 e. The van der Waals surface area contributed by atoms with Crippen LogP contribution in [0.4, 0.5) is 0 Å². The van der Waals surface area contributed by atoms with Crippen LogP contribution in [0.2, 0.25) is 0 Å². The molecule has 118 valence electrons. The fourth-order valence-electron chi connectivity index (χ4n) is 2.46. The van der Waals surface area contributed by atoms with Crippen molar-refractivity contribution in [3.8, 4) is 0 Å². The maximum absolute atomic E-state index is 12.6. The van der Waals surface area contributed by atoms with Gasteiger partial charge >= 0.3 is 0 Å². The van der Waals surface area contributed by atoms with Gasteiger partial charge in [-0.1, -0.05) is 6.07 Å². The fraction of sp³-hybridized carbons (Fsp3) is 0.235. The summed E-state index contributed by atoms with van der Waals surface area (Å²) in [6, 6.07) is 6.78. The summed E-state index contributed by atoms with van der Waals surface area (Å²) in [4.78, 5) is 30.6. The summed E-state index contributed by atoms with van der Waals surface area (Å²) in [5, 5.41) is 2.65. The Bertz CT molecular complexity index is 702. The molecule has 0 spiro atoms. The number of carbonyl (C=O) groups is 2. The fourth-order valence-corrected chi connectivity index (χ4v) is 2.46. The molecule has 0 aromatic carbocycles. The van der Waals surface area contributed by atoms with E-state index in [9.17, 15) is 9.59 Å². The molecule has 0 unspecified atom stereocenters. The van der Waals surface area contributed by atoms with Gasteiger partial charge in [0, 0.05) is 25.5 Å². The normalized spacial score (nSPS) is 14.8. The summed E-state index contributed by atoms with van der Waals surface area (Å²) >= 11 is 0. The number of hydrogen-bond donors (Lipinski definition) is 1. The third-order valence-corrected chi connectivity index (χ3v) is 3.61. The molecular formula is C17H17N3O3. The Kier molecular flexibility index (Phi) is 4.52. The van der Waals surface area contributed by atoms with E-state index in [1.807, 2.05) is 6.07 Å². The van der Waals surface area contributed by atoms with E-state index in [2.05, 4.69) is 10.3 Å². The molecule has 1 aliphatic rings. The molecule has 2 aromatic rings. The lowest BCUT2D eigenvalue weighted by atomic mass is 10.2. The van der Waals surface area contributed by atoms with Crippen LogP contribution in [0.1, 0.15) is 29.0 Å². The Morgan fingerprint density at radius 3 is 2.70 bits per heavy atom. The Labute approximate surface area is 133 Å². The van der Waals surface area contributed by atoms with E-state index in [0.29, 0.717) is 13.1 Å². The Balaban J connectivity index is 1.85. The molecule has 0 aliphatic carbocycles. The van der Waals surface area contributed by atoms with Crippen molar-refractivity contribution in [1.29, 1.82) is 0 Å². The molecule has 0 atom stereocenters. The third kappa shape index (κ3) is 3.66. The SMILES string of the molecule is O=C(NC(=Cc1cccnc1)C(=O)N1CCCC1)c1ccco1. The predicted octanol–water partition coefficient (Wildman–Crippen LogP) is 2.07. The molecule has 0 saturated carbocycles. The number of carbonyl (C=O) groups excluding carboxylic acids is 2. The highest BCUT2D eigenvalue weighted by Crippen LogP contribution is 2.13. The van der Waals surface area contributed by atoms with Crippen molar-refractivity contribution in [2.45, 2.75) is 12.8 Å². The number of hydrogen-bond acceptors (Lipinski definition) is 4. The van der Waals surface area contributed by atoms with Gasteiger partial charge in [0.15, 0.2) is 5.76 Å². The standard InChI is InChI=1S/C17H17N3O3/c21-16(15-6-4-10-23-15)19-14(11-13-5-3-7-18-12-13)17(22)20-8-1-2-9-20/h3-7,10-12H,1-2,8-9H2,(H,19,21). The van der Waals surface area contributed by atoms with Crippen molar-refractivity contribution < 1.29 is 14.0 Å². The molecule has 1 saturated heterocycles. The van der Waals surface area contributed by atoms with Gasteiger partial charge in [-0.05, 0) is 42.7 Å². The van der Waals surface area contributed by atoms with Crippen LogP contribution in [0.25, 0.3) is 6.08 Å². The van der Waals surface area contributed by atoms with E-state index in [1.54, 1.807) is 41.6 Å². The maximum atomic E-state index is 12.6. The molecule has 3 heterocycles. The van der Waals surface area contributed by atoms with Crippen molar-refractivity contribution in [2.75, 3.05) is 13.1 Å².